The summed E-state index contributed by atoms with van der Waals surface area (Å²) in [6, 6.07) is 5.09. The summed E-state index contributed by atoms with van der Waals surface area (Å²) in [7, 11) is 0. The number of aliphatic hydroxyl groups is 2. The molecule has 0 amide bonds. The van der Waals surface area contributed by atoms with E-state index in [9.17, 15) is 24.6 Å². The fourth-order valence-electron chi connectivity index (χ4n) is 8.74. The number of carbonyl (C=O) groups is 2. The SMILES string of the molecule is CC1(CCOC(=O)C2CC2)[C@@H](OC(=O)C2CC2)CC[C@]2(C)[C@H]3[C@@H](O)c4c(cc(-c5cccnc5)oc4=O)O[C@]3(C)C(O)C[C@@H]12. The number of ether oxygens (including phenoxy) is 3. The number of hydrogen-bond acceptors (Lipinski definition) is 10. The summed E-state index contributed by atoms with van der Waals surface area (Å²) in [5.74, 6) is -0.947. The van der Waals surface area contributed by atoms with E-state index in [1.54, 1.807) is 30.6 Å². The molecule has 8 atom stereocenters. The fourth-order valence-corrected chi connectivity index (χ4v) is 8.74. The van der Waals surface area contributed by atoms with Gasteiger partial charge in [0.05, 0.1) is 30.7 Å². The molecule has 236 valence electrons. The van der Waals surface area contributed by atoms with E-state index >= 15 is 0 Å². The van der Waals surface area contributed by atoms with Crippen LogP contribution in [0.1, 0.15) is 83.8 Å². The Labute approximate surface area is 256 Å². The fraction of sp³-hybridized carbons (Fsp3) is 0.647. The van der Waals surface area contributed by atoms with Gasteiger partial charge in [-0.1, -0.05) is 13.8 Å². The summed E-state index contributed by atoms with van der Waals surface area (Å²) >= 11 is 0. The van der Waals surface area contributed by atoms with Gasteiger partial charge < -0.3 is 28.8 Å². The van der Waals surface area contributed by atoms with Crippen LogP contribution in [0.25, 0.3) is 11.3 Å². The first-order valence-corrected chi connectivity index (χ1v) is 16.0. The number of esters is 2. The molecule has 10 heteroatoms. The molecular weight excluding hydrogens is 566 g/mol. The summed E-state index contributed by atoms with van der Waals surface area (Å²) in [6.07, 6.45) is 5.72. The van der Waals surface area contributed by atoms with E-state index in [1.165, 1.54) is 0 Å². The monoisotopic (exact) mass is 607 g/mol. The van der Waals surface area contributed by atoms with Crippen molar-refractivity contribution in [2.75, 3.05) is 6.61 Å². The van der Waals surface area contributed by atoms with Crippen molar-refractivity contribution in [3.8, 4) is 17.1 Å². The lowest BCUT2D eigenvalue weighted by Gasteiger charge is -2.66. The minimum Gasteiger partial charge on any atom is -0.484 e. The summed E-state index contributed by atoms with van der Waals surface area (Å²) in [5.41, 5.74) is -2.58. The maximum Gasteiger partial charge on any atom is 0.345 e. The normalized spacial score (nSPS) is 37.5. The van der Waals surface area contributed by atoms with Gasteiger partial charge in [0.2, 0.25) is 0 Å². The Hall–Kier alpha value is -3.24. The third-order valence-electron chi connectivity index (χ3n) is 11.5. The number of nitrogens with zero attached hydrogens (tertiary/aromatic N) is 1. The van der Waals surface area contributed by atoms with Crippen LogP contribution < -0.4 is 10.4 Å². The molecule has 44 heavy (non-hydrogen) atoms. The van der Waals surface area contributed by atoms with Crippen LogP contribution in [0.4, 0.5) is 0 Å². The molecule has 0 spiro atoms. The number of carbonyl (C=O) groups excluding carboxylic acids is 2. The highest BCUT2D eigenvalue weighted by Crippen LogP contribution is 2.67. The predicted molar refractivity (Wildman–Crippen MR) is 156 cm³/mol. The van der Waals surface area contributed by atoms with Crippen LogP contribution in [0.15, 0.2) is 39.8 Å². The molecule has 2 N–H and O–H groups in total. The summed E-state index contributed by atoms with van der Waals surface area (Å²) < 4.78 is 24.1. The van der Waals surface area contributed by atoms with Crippen LogP contribution in [-0.2, 0) is 19.1 Å². The minimum absolute atomic E-state index is 0.0277. The van der Waals surface area contributed by atoms with Gasteiger partial charge in [-0.3, -0.25) is 14.6 Å². The van der Waals surface area contributed by atoms with E-state index in [0.717, 1.165) is 25.7 Å². The molecule has 1 aliphatic heterocycles. The number of rotatable bonds is 7. The molecule has 3 heterocycles. The lowest BCUT2D eigenvalue weighted by molar-refractivity contribution is -0.264. The highest BCUT2D eigenvalue weighted by Gasteiger charge is 2.69. The zero-order valence-corrected chi connectivity index (χ0v) is 25.5. The topological polar surface area (TPSA) is 145 Å². The third kappa shape index (κ3) is 4.67. The molecule has 0 saturated heterocycles. The number of aliphatic hydroxyl groups excluding tert-OH is 2. The number of aromatic nitrogens is 1. The van der Waals surface area contributed by atoms with E-state index in [1.807, 2.05) is 6.92 Å². The van der Waals surface area contributed by atoms with Crippen molar-refractivity contribution in [1.29, 1.82) is 0 Å². The van der Waals surface area contributed by atoms with Crippen LogP contribution in [0.3, 0.4) is 0 Å². The minimum atomic E-state index is -1.27. The first-order valence-electron chi connectivity index (χ1n) is 16.0. The largest absolute Gasteiger partial charge is 0.484 e. The molecule has 10 nitrogen and oxygen atoms in total. The lowest BCUT2D eigenvalue weighted by atomic mass is 9.42. The number of pyridine rings is 1. The number of fused-ring (bicyclic) bond motifs is 4. The zero-order valence-electron chi connectivity index (χ0n) is 25.5. The van der Waals surface area contributed by atoms with Gasteiger partial charge in [-0.2, -0.15) is 0 Å². The molecule has 4 saturated carbocycles. The number of hydrogen-bond donors (Lipinski definition) is 2. The standard InChI is InChI=1S/C34H41NO9/c1-32(12-14-41-29(38)18-6-7-18)23-16-24(36)34(3)28(33(23,2)11-10-25(32)43-30(39)19-8-9-19)27(37)26-22(44-34)15-21(42-31(26)40)20-5-4-13-35-17-20/h4-5,13,15,17-19,23-25,27-28,36-37H,6-12,14,16H2,1-3H3/t23-,24?,25-,27-,28+,32?,33-,34+/m0/s1. The quantitative estimate of drug-likeness (QED) is 0.436. The van der Waals surface area contributed by atoms with Crippen molar-refractivity contribution in [3.05, 3.63) is 46.6 Å². The molecule has 5 aliphatic rings. The molecule has 2 aromatic rings. The second-order valence-corrected chi connectivity index (χ2v) is 14.4. The third-order valence-corrected chi connectivity index (χ3v) is 11.5. The predicted octanol–water partition coefficient (Wildman–Crippen LogP) is 4.35. The Morgan fingerprint density at radius 1 is 1.07 bits per heavy atom. The van der Waals surface area contributed by atoms with E-state index in [4.69, 9.17) is 18.6 Å². The van der Waals surface area contributed by atoms with Crippen LogP contribution in [0, 0.1) is 34.5 Å². The van der Waals surface area contributed by atoms with Crippen molar-refractivity contribution in [2.45, 2.75) is 96.1 Å². The van der Waals surface area contributed by atoms with Gasteiger partial charge in [-0.15, -0.1) is 0 Å². The Morgan fingerprint density at radius 3 is 2.48 bits per heavy atom. The lowest BCUT2D eigenvalue weighted by Crippen LogP contribution is -2.70. The summed E-state index contributed by atoms with van der Waals surface area (Å²) in [4.78, 5) is 42.9. The van der Waals surface area contributed by atoms with Gasteiger partial charge >= 0.3 is 17.6 Å². The van der Waals surface area contributed by atoms with Gasteiger partial charge in [0, 0.05) is 35.4 Å². The van der Waals surface area contributed by atoms with E-state index < -0.39 is 46.3 Å². The Kier molecular flexibility index (Phi) is 6.97. The maximum absolute atomic E-state index is 13.4. The van der Waals surface area contributed by atoms with Crippen molar-refractivity contribution in [1.82, 2.24) is 4.98 Å². The van der Waals surface area contributed by atoms with Crippen molar-refractivity contribution in [3.63, 3.8) is 0 Å². The average Bonchev–Trinajstić information content (AvgIpc) is 3.89. The molecule has 0 radical (unpaired) electrons. The van der Waals surface area contributed by atoms with E-state index in [2.05, 4.69) is 18.8 Å². The Morgan fingerprint density at radius 2 is 1.80 bits per heavy atom. The molecule has 7 rings (SSSR count). The van der Waals surface area contributed by atoms with Crippen molar-refractivity contribution >= 4 is 11.9 Å². The first-order chi connectivity index (χ1) is 21.0. The Balaban J connectivity index is 1.25. The molecular formula is C34H41NO9. The second-order valence-electron chi connectivity index (χ2n) is 14.4. The van der Waals surface area contributed by atoms with Crippen molar-refractivity contribution < 1.29 is 38.4 Å². The zero-order chi connectivity index (χ0) is 31.0. The maximum atomic E-state index is 13.4. The van der Waals surface area contributed by atoms with Crippen LogP contribution in [0.2, 0.25) is 0 Å². The van der Waals surface area contributed by atoms with E-state index in [0.29, 0.717) is 31.2 Å². The van der Waals surface area contributed by atoms with Gasteiger partial charge in [-0.25, -0.2) is 4.79 Å². The van der Waals surface area contributed by atoms with Crippen LogP contribution >= 0.6 is 0 Å². The molecule has 2 unspecified atom stereocenters. The highest BCUT2D eigenvalue weighted by atomic mass is 16.6. The van der Waals surface area contributed by atoms with Crippen LogP contribution in [0.5, 0.6) is 5.75 Å². The highest BCUT2D eigenvalue weighted by molar-refractivity contribution is 5.75. The smallest absolute Gasteiger partial charge is 0.345 e. The summed E-state index contributed by atoms with van der Waals surface area (Å²) in [5, 5.41) is 23.9. The molecule has 4 fully saturated rings. The Bertz CT molecular complexity index is 1520. The molecule has 0 bridgehead atoms. The second kappa shape index (κ2) is 10.4. The van der Waals surface area contributed by atoms with Crippen LogP contribution in [-0.4, -0.2) is 51.6 Å². The molecule has 0 aromatic carbocycles. The first kappa shape index (κ1) is 29.5. The van der Waals surface area contributed by atoms with Gasteiger partial charge in [0.15, 0.2) is 0 Å². The van der Waals surface area contributed by atoms with Crippen molar-refractivity contribution in [2.24, 2.45) is 34.5 Å². The molecule has 4 aliphatic carbocycles. The molecule has 2 aromatic heterocycles. The van der Waals surface area contributed by atoms with Gasteiger partial charge in [0.1, 0.15) is 28.8 Å². The van der Waals surface area contributed by atoms with Gasteiger partial charge in [-0.05, 0) is 81.8 Å². The van der Waals surface area contributed by atoms with E-state index in [-0.39, 0.29) is 53.4 Å². The average molecular weight is 608 g/mol. The van der Waals surface area contributed by atoms with Gasteiger partial charge in [0.25, 0.3) is 0 Å². The summed E-state index contributed by atoms with van der Waals surface area (Å²) in [6.45, 7) is 6.13.